The molecule has 4 rings (SSSR count). The normalized spacial score (nSPS) is 13.7. The van der Waals surface area contributed by atoms with E-state index in [0.717, 1.165) is 18.4 Å². The number of hydrogen-bond donors (Lipinski definition) is 1. The maximum Gasteiger partial charge on any atom is 0.346 e. The average Bonchev–Trinajstić information content (AvgIpc) is 3.36. The van der Waals surface area contributed by atoms with Crippen LogP contribution in [-0.4, -0.2) is 31.8 Å². The first-order chi connectivity index (χ1) is 13.0. The highest BCUT2D eigenvalue weighted by Gasteiger charge is 2.30. The molecule has 8 nitrogen and oxygen atoms in total. The summed E-state index contributed by atoms with van der Waals surface area (Å²) in [5.41, 5.74) is 1.18. The van der Waals surface area contributed by atoms with Gasteiger partial charge < -0.3 is 9.73 Å². The Hall–Kier alpha value is -3.16. The van der Waals surface area contributed by atoms with Crippen molar-refractivity contribution in [1.82, 2.24) is 24.6 Å². The van der Waals surface area contributed by atoms with E-state index in [0.29, 0.717) is 36.0 Å². The third-order valence-corrected chi connectivity index (χ3v) is 4.60. The zero-order valence-corrected chi connectivity index (χ0v) is 15.3. The van der Waals surface area contributed by atoms with Gasteiger partial charge in [-0.05, 0) is 44.9 Å². The van der Waals surface area contributed by atoms with E-state index < -0.39 is 0 Å². The summed E-state index contributed by atoms with van der Waals surface area (Å²) in [4.78, 5) is 29.2. The first-order valence-electron chi connectivity index (χ1n) is 8.99. The fraction of sp³-hybridized carbons (Fsp3) is 0.368. The van der Waals surface area contributed by atoms with E-state index in [2.05, 4.69) is 15.4 Å². The fourth-order valence-corrected chi connectivity index (χ4v) is 3.15. The second kappa shape index (κ2) is 6.86. The molecule has 3 aromatic heterocycles. The topological polar surface area (TPSA) is 95.0 Å². The Morgan fingerprint density at radius 1 is 1.37 bits per heavy atom. The van der Waals surface area contributed by atoms with Crippen molar-refractivity contribution in [3.8, 4) is 11.4 Å². The molecule has 3 aromatic rings. The Kier molecular flexibility index (Phi) is 4.39. The maximum atomic E-state index is 12.8. The van der Waals surface area contributed by atoms with Crippen molar-refractivity contribution in [2.75, 3.05) is 6.54 Å². The van der Waals surface area contributed by atoms with Crippen LogP contribution in [0, 0.1) is 13.8 Å². The third kappa shape index (κ3) is 3.42. The maximum absolute atomic E-state index is 12.8. The second-order valence-electron chi connectivity index (χ2n) is 6.76. The molecular formula is C19H21N5O3. The van der Waals surface area contributed by atoms with Gasteiger partial charge in [0.15, 0.2) is 5.82 Å². The van der Waals surface area contributed by atoms with Gasteiger partial charge in [-0.2, -0.15) is 0 Å². The third-order valence-electron chi connectivity index (χ3n) is 4.60. The number of nitrogens with one attached hydrogen (secondary N) is 1. The van der Waals surface area contributed by atoms with Crippen molar-refractivity contribution >= 4 is 5.91 Å². The quantitative estimate of drug-likeness (QED) is 0.720. The van der Waals surface area contributed by atoms with Gasteiger partial charge in [0, 0.05) is 30.5 Å². The highest BCUT2D eigenvalue weighted by Crippen LogP contribution is 2.36. The zero-order valence-electron chi connectivity index (χ0n) is 15.3. The number of rotatable bonds is 6. The highest BCUT2D eigenvalue weighted by molar-refractivity contribution is 5.95. The molecule has 3 heterocycles. The van der Waals surface area contributed by atoms with Gasteiger partial charge in [-0.1, -0.05) is 0 Å². The molecule has 0 unspecified atom stereocenters. The van der Waals surface area contributed by atoms with Gasteiger partial charge in [-0.3, -0.25) is 14.3 Å². The molecule has 140 valence electrons. The molecule has 0 aromatic carbocycles. The number of carbonyl (C=O) groups is 1. The van der Waals surface area contributed by atoms with Crippen LogP contribution in [0.15, 0.2) is 39.8 Å². The van der Waals surface area contributed by atoms with Crippen LogP contribution in [0.3, 0.4) is 0 Å². The van der Waals surface area contributed by atoms with E-state index in [1.807, 2.05) is 12.1 Å². The van der Waals surface area contributed by atoms with Gasteiger partial charge in [-0.25, -0.2) is 9.48 Å². The first-order valence-corrected chi connectivity index (χ1v) is 8.99. The summed E-state index contributed by atoms with van der Waals surface area (Å²) in [6.45, 7) is 4.15. The monoisotopic (exact) mass is 367 g/mol. The lowest BCUT2D eigenvalue weighted by Crippen LogP contribution is -2.32. The van der Waals surface area contributed by atoms with Crippen LogP contribution in [0.2, 0.25) is 0 Å². The standard InChI is InChI=1S/C19H21N5O3/c1-12-10-16(13(2)27-12)18(25)21-8-9-23-19(26)24(15-5-6-15)17(22-23)14-4-3-7-20-11-14/h3-4,7,10-11,15H,5-6,8-9H2,1-2H3,(H,21,25). The van der Waals surface area contributed by atoms with Crippen molar-refractivity contribution in [3.05, 3.63) is 58.2 Å². The number of nitrogens with zero attached hydrogens (tertiary/aromatic N) is 4. The van der Waals surface area contributed by atoms with E-state index >= 15 is 0 Å². The molecular weight excluding hydrogens is 346 g/mol. The fourth-order valence-electron chi connectivity index (χ4n) is 3.15. The van der Waals surface area contributed by atoms with Crippen LogP contribution < -0.4 is 11.0 Å². The summed E-state index contributed by atoms with van der Waals surface area (Å²) in [5, 5.41) is 7.31. The van der Waals surface area contributed by atoms with Crippen LogP contribution in [0.25, 0.3) is 11.4 Å². The summed E-state index contributed by atoms with van der Waals surface area (Å²) in [5.74, 6) is 1.69. The molecule has 1 N–H and O–H groups in total. The minimum atomic E-state index is -0.216. The molecule has 0 spiro atoms. The molecule has 1 saturated carbocycles. The van der Waals surface area contributed by atoms with Gasteiger partial charge in [0.05, 0.1) is 12.1 Å². The number of carbonyl (C=O) groups excluding carboxylic acids is 1. The molecule has 0 aliphatic heterocycles. The van der Waals surface area contributed by atoms with Crippen LogP contribution in [0.4, 0.5) is 0 Å². The Balaban J connectivity index is 1.50. The Labute approximate surface area is 155 Å². The van der Waals surface area contributed by atoms with Crippen LogP contribution in [-0.2, 0) is 6.54 Å². The molecule has 8 heteroatoms. The molecule has 1 aliphatic carbocycles. The van der Waals surface area contributed by atoms with Crippen LogP contribution in [0.5, 0.6) is 0 Å². The molecule has 1 aliphatic rings. The van der Waals surface area contributed by atoms with Crippen molar-refractivity contribution in [2.45, 2.75) is 39.3 Å². The van der Waals surface area contributed by atoms with E-state index in [-0.39, 0.29) is 17.6 Å². The van der Waals surface area contributed by atoms with E-state index in [9.17, 15) is 9.59 Å². The van der Waals surface area contributed by atoms with Crippen molar-refractivity contribution in [2.24, 2.45) is 0 Å². The smallest absolute Gasteiger partial charge is 0.346 e. The lowest BCUT2D eigenvalue weighted by molar-refractivity contribution is 0.0950. The Morgan fingerprint density at radius 2 is 2.19 bits per heavy atom. The average molecular weight is 367 g/mol. The lowest BCUT2D eigenvalue weighted by atomic mass is 10.2. The molecule has 0 bridgehead atoms. The molecule has 0 atom stereocenters. The van der Waals surface area contributed by atoms with Gasteiger partial charge in [0.2, 0.25) is 0 Å². The number of aryl methyl sites for hydroxylation is 2. The predicted octanol–water partition coefficient (Wildman–Crippen LogP) is 2.08. The number of furan rings is 1. The van der Waals surface area contributed by atoms with E-state index in [1.54, 1.807) is 36.9 Å². The minimum absolute atomic E-state index is 0.152. The SMILES string of the molecule is Cc1cc(C(=O)NCCn2nc(-c3cccnc3)n(C3CC3)c2=O)c(C)o1. The van der Waals surface area contributed by atoms with Gasteiger partial charge >= 0.3 is 5.69 Å². The summed E-state index contributed by atoms with van der Waals surface area (Å²) < 4.78 is 8.53. The van der Waals surface area contributed by atoms with E-state index in [4.69, 9.17) is 4.42 Å². The summed E-state index contributed by atoms with van der Waals surface area (Å²) >= 11 is 0. The summed E-state index contributed by atoms with van der Waals surface area (Å²) in [6, 6.07) is 5.63. The molecule has 27 heavy (non-hydrogen) atoms. The van der Waals surface area contributed by atoms with Crippen LogP contribution >= 0.6 is 0 Å². The number of aromatic nitrogens is 4. The molecule has 0 radical (unpaired) electrons. The Bertz CT molecular complexity index is 1030. The molecule has 1 amide bonds. The number of pyridine rings is 1. The summed E-state index contributed by atoms with van der Waals surface area (Å²) in [6.07, 6.45) is 5.36. The van der Waals surface area contributed by atoms with E-state index in [1.165, 1.54) is 4.68 Å². The lowest BCUT2D eigenvalue weighted by Gasteiger charge is -2.03. The van der Waals surface area contributed by atoms with Gasteiger partial charge in [0.1, 0.15) is 11.5 Å². The minimum Gasteiger partial charge on any atom is -0.466 e. The first kappa shape index (κ1) is 17.3. The van der Waals surface area contributed by atoms with Crippen molar-refractivity contribution in [1.29, 1.82) is 0 Å². The number of hydrogen-bond acceptors (Lipinski definition) is 5. The number of amides is 1. The second-order valence-corrected chi connectivity index (χ2v) is 6.76. The van der Waals surface area contributed by atoms with Crippen molar-refractivity contribution < 1.29 is 9.21 Å². The summed E-state index contributed by atoms with van der Waals surface area (Å²) in [7, 11) is 0. The zero-order chi connectivity index (χ0) is 19.0. The van der Waals surface area contributed by atoms with Crippen molar-refractivity contribution in [3.63, 3.8) is 0 Å². The largest absolute Gasteiger partial charge is 0.466 e. The molecule has 0 saturated heterocycles. The predicted molar refractivity (Wildman–Crippen MR) is 98.5 cm³/mol. The van der Waals surface area contributed by atoms with Gasteiger partial charge in [-0.15, -0.1) is 5.10 Å². The Morgan fingerprint density at radius 3 is 2.81 bits per heavy atom. The molecule has 1 fully saturated rings. The highest BCUT2D eigenvalue weighted by atomic mass is 16.3. The van der Waals surface area contributed by atoms with Gasteiger partial charge in [0.25, 0.3) is 5.91 Å². The van der Waals surface area contributed by atoms with Crippen LogP contribution in [0.1, 0.15) is 40.8 Å².